The van der Waals surface area contributed by atoms with Crippen molar-refractivity contribution in [3.8, 4) is 0 Å². The highest BCUT2D eigenvalue weighted by Crippen LogP contribution is 2.10. The lowest BCUT2D eigenvalue weighted by Crippen LogP contribution is -2.24. The maximum absolute atomic E-state index is 4.07. The molecule has 88 valence electrons. The Morgan fingerprint density at radius 3 is 2.40 bits per heavy atom. The van der Waals surface area contributed by atoms with E-state index in [1.165, 1.54) is 5.70 Å². The molecule has 0 aromatic heterocycles. The minimum atomic E-state index is 0.536. The Bertz CT molecular complexity index is 207. The Kier molecular flexibility index (Phi) is 6.93. The fourth-order valence-corrected chi connectivity index (χ4v) is 1.29. The van der Waals surface area contributed by atoms with Crippen LogP contribution in [-0.2, 0) is 0 Å². The number of rotatable bonds is 8. The number of nitrogens with one attached hydrogen (secondary N) is 1. The zero-order valence-corrected chi connectivity index (χ0v) is 10.8. The number of hydrogen-bond acceptors (Lipinski definition) is 2. The van der Waals surface area contributed by atoms with Gasteiger partial charge in [-0.3, -0.25) is 0 Å². The van der Waals surface area contributed by atoms with Gasteiger partial charge in [-0.15, -0.1) is 0 Å². The molecule has 0 heterocycles. The van der Waals surface area contributed by atoms with Gasteiger partial charge in [-0.25, -0.2) is 0 Å². The molecule has 0 atom stereocenters. The first-order valence-electron chi connectivity index (χ1n) is 5.80. The summed E-state index contributed by atoms with van der Waals surface area (Å²) in [5, 5.41) is 3.31. The second kappa shape index (κ2) is 7.38. The monoisotopic (exact) mass is 210 g/mol. The van der Waals surface area contributed by atoms with Crippen molar-refractivity contribution in [2.45, 2.75) is 33.6 Å². The molecule has 0 fully saturated rings. The normalized spacial score (nSPS) is 10.2. The van der Waals surface area contributed by atoms with Crippen molar-refractivity contribution in [1.82, 2.24) is 10.2 Å². The van der Waals surface area contributed by atoms with Gasteiger partial charge in [0.25, 0.3) is 0 Å². The number of hydrogen-bond donors (Lipinski definition) is 1. The van der Waals surface area contributed by atoms with Gasteiger partial charge in [-0.05, 0) is 18.8 Å². The quantitative estimate of drug-likeness (QED) is 0.620. The van der Waals surface area contributed by atoms with Gasteiger partial charge in [0.05, 0.1) is 0 Å². The van der Waals surface area contributed by atoms with Crippen LogP contribution in [0.5, 0.6) is 0 Å². The maximum Gasteiger partial charge on any atom is 0.0188 e. The van der Waals surface area contributed by atoms with E-state index in [0.29, 0.717) is 5.92 Å². The van der Waals surface area contributed by atoms with Gasteiger partial charge >= 0.3 is 0 Å². The zero-order valence-electron chi connectivity index (χ0n) is 10.8. The molecule has 0 unspecified atom stereocenters. The van der Waals surface area contributed by atoms with Crippen LogP contribution in [0.3, 0.4) is 0 Å². The van der Waals surface area contributed by atoms with E-state index in [1.807, 2.05) is 0 Å². The minimum absolute atomic E-state index is 0.536. The fourth-order valence-electron chi connectivity index (χ4n) is 1.29. The third-order valence-corrected chi connectivity index (χ3v) is 2.63. The van der Waals surface area contributed by atoms with Crippen molar-refractivity contribution in [3.05, 3.63) is 24.6 Å². The molecule has 0 aliphatic rings. The highest BCUT2D eigenvalue weighted by molar-refractivity contribution is 4.95. The van der Waals surface area contributed by atoms with E-state index in [1.54, 1.807) is 0 Å². The smallest absolute Gasteiger partial charge is 0.0188 e. The van der Waals surface area contributed by atoms with E-state index >= 15 is 0 Å². The standard InChI is InChI=1S/C13H26N2/c1-7-12(4)14-9-8-10-15(6)13(5)11(2)3/h11,14H,4-5,7-10H2,1-3,6H3. The molecule has 0 rings (SSSR count). The average molecular weight is 210 g/mol. The summed E-state index contributed by atoms with van der Waals surface area (Å²) < 4.78 is 0. The van der Waals surface area contributed by atoms with Crippen molar-refractivity contribution >= 4 is 0 Å². The van der Waals surface area contributed by atoms with Gasteiger partial charge in [0, 0.05) is 31.5 Å². The van der Waals surface area contributed by atoms with Crippen molar-refractivity contribution in [2.24, 2.45) is 5.92 Å². The second-order valence-corrected chi connectivity index (χ2v) is 4.31. The van der Waals surface area contributed by atoms with Gasteiger partial charge in [0.2, 0.25) is 0 Å². The Labute approximate surface area is 95.0 Å². The van der Waals surface area contributed by atoms with Gasteiger partial charge < -0.3 is 10.2 Å². The molecule has 0 saturated carbocycles. The van der Waals surface area contributed by atoms with Crippen LogP contribution < -0.4 is 5.32 Å². The Morgan fingerprint density at radius 2 is 1.93 bits per heavy atom. The molecule has 1 N–H and O–H groups in total. The van der Waals surface area contributed by atoms with Gasteiger partial charge in [0.15, 0.2) is 0 Å². The molecule has 0 amide bonds. The van der Waals surface area contributed by atoms with Gasteiger partial charge in [0.1, 0.15) is 0 Å². The first-order valence-corrected chi connectivity index (χ1v) is 5.80. The first-order chi connectivity index (χ1) is 6.99. The third-order valence-electron chi connectivity index (χ3n) is 2.63. The molecule has 0 bridgehead atoms. The molecular formula is C13H26N2. The lowest BCUT2D eigenvalue weighted by molar-refractivity contribution is 0.368. The summed E-state index contributed by atoms with van der Waals surface area (Å²) in [5.74, 6) is 0.536. The fraction of sp³-hybridized carbons (Fsp3) is 0.692. The van der Waals surface area contributed by atoms with Crippen LogP contribution in [0, 0.1) is 5.92 Å². The van der Waals surface area contributed by atoms with Crippen LogP contribution in [0.2, 0.25) is 0 Å². The van der Waals surface area contributed by atoms with Crippen LogP contribution in [-0.4, -0.2) is 25.0 Å². The number of allylic oxidation sites excluding steroid dienone is 2. The van der Waals surface area contributed by atoms with Crippen LogP contribution in [0.25, 0.3) is 0 Å². The van der Waals surface area contributed by atoms with E-state index in [4.69, 9.17) is 0 Å². The molecule has 2 heteroatoms. The summed E-state index contributed by atoms with van der Waals surface area (Å²) in [5.41, 5.74) is 2.34. The molecule has 0 aromatic carbocycles. The molecule has 0 aliphatic carbocycles. The lowest BCUT2D eigenvalue weighted by Gasteiger charge is -2.24. The highest BCUT2D eigenvalue weighted by atomic mass is 15.1. The molecule has 0 saturated heterocycles. The predicted molar refractivity (Wildman–Crippen MR) is 68.7 cm³/mol. The lowest BCUT2D eigenvalue weighted by atomic mass is 10.1. The summed E-state index contributed by atoms with van der Waals surface area (Å²) in [6.07, 6.45) is 2.13. The molecule has 15 heavy (non-hydrogen) atoms. The van der Waals surface area contributed by atoms with Gasteiger partial charge in [-0.1, -0.05) is 33.9 Å². The van der Waals surface area contributed by atoms with Crippen LogP contribution in [0.4, 0.5) is 0 Å². The summed E-state index contributed by atoms with van der Waals surface area (Å²) in [4.78, 5) is 2.24. The summed E-state index contributed by atoms with van der Waals surface area (Å²) in [6.45, 7) is 16.5. The van der Waals surface area contributed by atoms with E-state index in [9.17, 15) is 0 Å². The summed E-state index contributed by atoms with van der Waals surface area (Å²) in [6, 6.07) is 0. The second-order valence-electron chi connectivity index (χ2n) is 4.31. The van der Waals surface area contributed by atoms with Crippen LogP contribution in [0.1, 0.15) is 33.6 Å². The molecule has 0 aliphatic heterocycles. The summed E-state index contributed by atoms with van der Waals surface area (Å²) in [7, 11) is 2.11. The van der Waals surface area contributed by atoms with E-state index < -0.39 is 0 Å². The molecule has 2 nitrogen and oxygen atoms in total. The topological polar surface area (TPSA) is 15.3 Å². The van der Waals surface area contributed by atoms with Crippen molar-refractivity contribution < 1.29 is 0 Å². The Morgan fingerprint density at radius 1 is 1.33 bits per heavy atom. The van der Waals surface area contributed by atoms with Crippen molar-refractivity contribution in [2.75, 3.05) is 20.1 Å². The summed E-state index contributed by atoms with van der Waals surface area (Å²) >= 11 is 0. The average Bonchev–Trinajstić information content (AvgIpc) is 2.22. The number of nitrogens with zero attached hydrogens (tertiary/aromatic N) is 1. The van der Waals surface area contributed by atoms with E-state index in [0.717, 1.165) is 31.6 Å². The zero-order chi connectivity index (χ0) is 11.8. The largest absolute Gasteiger partial charge is 0.389 e. The van der Waals surface area contributed by atoms with E-state index in [-0.39, 0.29) is 0 Å². The first kappa shape index (κ1) is 14.1. The van der Waals surface area contributed by atoms with Crippen LogP contribution in [0.15, 0.2) is 24.6 Å². The minimum Gasteiger partial charge on any atom is -0.389 e. The molecule has 0 radical (unpaired) electrons. The molecule has 0 aromatic rings. The predicted octanol–water partition coefficient (Wildman–Crippen LogP) is 2.99. The maximum atomic E-state index is 4.07. The van der Waals surface area contributed by atoms with E-state index in [2.05, 4.69) is 51.2 Å². The Balaban J connectivity index is 3.59. The third kappa shape index (κ3) is 6.21. The molecule has 0 spiro atoms. The molecular weight excluding hydrogens is 184 g/mol. The van der Waals surface area contributed by atoms with Crippen molar-refractivity contribution in [3.63, 3.8) is 0 Å². The van der Waals surface area contributed by atoms with Crippen LogP contribution >= 0.6 is 0 Å². The highest BCUT2D eigenvalue weighted by Gasteiger charge is 2.05. The van der Waals surface area contributed by atoms with Crippen molar-refractivity contribution in [1.29, 1.82) is 0 Å². The van der Waals surface area contributed by atoms with Gasteiger partial charge in [-0.2, -0.15) is 0 Å². The SMILES string of the molecule is C=C(CC)NCCCN(C)C(=C)C(C)C. The Hall–Kier alpha value is -0.920.